The zero-order valence-corrected chi connectivity index (χ0v) is 10.3. The van der Waals surface area contributed by atoms with Crippen LogP contribution < -0.4 is 0 Å². The third kappa shape index (κ3) is 2.29. The summed E-state index contributed by atoms with van der Waals surface area (Å²) in [5.41, 5.74) is 2.80. The Bertz CT molecular complexity index is 698. The third-order valence-corrected chi connectivity index (χ3v) is 2.92. The maximum Gasteiger partial charge on any atom is 0.134 e. The van der Waals surface area contributed by atoms with E-state index in [4.69, 9.17) is 16.0 Å². The fourth-order valence-corrected chi connectivity index (χ4v) is 1.86. The van der Waals surface area contributed by atoms with E-state index in [9.17, 15) is 0 Å². The van der Waals surface area contributed by atoms with E-state index in [0.29, 0.717) is 0 Å². The van der Waals surface area contributed by atoms with Gasteiger partial charge in [-0.05, 0) is 42.0 Å². The van der Waals surface area contributed by atoms with Crippen molar-refractivity contribution in [3.05, 3.63) is 65.4 Å². The van der Waals surface area contributed by atoms with Gasteiger partial charge in [0.15, 0.2) is 0 Å². The van der Waals surface area contributed by atoms with Crippen molar-refractivity contribution < 1.29 is 4.42 Å². The number of hydrogen-bond donors (Lipinski definition) is 0. The van der Waals surface area contributed by atoms with Gasteiger partial charge >= 0.3 is 0 Å². The fraction of sp³-hybridized carbons (Fsp3) is 0. The lowest BCUT2D eigenvalue weighted by Gasteiger charge is -1.95. The average molecular weight is 256 g/mol. The van der Waals surface area contributed by atoms with Crippen LogP contribution in [0.15, 0.2) is 64.2 Å². The molecular weight excluding hydrogens is 246 g/mol. The lowest BCUT2D eigenvalue weighted by Crippen LogP contribution is -1.78. The van der Waals surface area contributed by atoms with Crippen molar-refractivity contribution >= 4 is 34.5 Å². The number of rotatable bonds is 2. The van der Waals surface area contributed by atoms with E-state index < -0.39 is 0 Å². The van der Waals surface area contributed by atoms with Crippen LogP contribution in [0.1, 0.15) is 5.56 Å². The maximum atomic E-state index is 5.83. The van der Waals surface area contributed by atoms with Crippen molar-refractivity contribution in [1.29, 1.82) is 0 Å². The second-order valence-corrected chi connectivity index (χ2v) is 4.39. The van der Waals surface area contributed by atoms with Crippen LogP contribution in [-0.4, -0.2) is 6.21 Å². The van der Waals surface area contributed by atoms with Gasteiger partial charge in [-0.2, -0.15) is 0 Å². The Hall–Kier alpha value is -2.06. The molecule has 3 heteroatoms. The number of benzene rings is 2. The van der Waals surface area contributed by atoms with Gasteiger partial charge in [-0.3, -0.25) is 4.99 Å². The lowest BCUT2D eigenvalue weighted by molar-refractivity contribution is 0.616. The molecule has 0 unspecified atom stereocenters. The van der Waals surface area contributed by atoms with E-state index in [1.165, 1.54) is 0 Å². The van der Waals surface area contributed by atoms with Crippen molar-refractivity contribution in [1.82, 2.24) is 0 Å². The summed E-state index contributed by atoms with van der Waals surface area (Å²) in [7, 11) is 0. The van der Waals surface area contributed by atoms with Gasteiger partial charge in [-0.1, -0.05) is 23.7 Å². The first kappa shape index (κ1) is 11.1. The Labute approximate surface area is 110 Å². The maximum absolute atomic E-state index is 5.83. The molecule has 3 aromatic rings. The molecular formula is C15H10ClNO. The highest BCUT2D eigenvalue weighted by molar-refractivity contribution is 6.30. The molecule has 3 rings (SSSR count). The molecule has 18 heavy (non-hydrogen) atoms. The topological polar surface area (TPSA) is 25.5 Å². The highest BCUT2D eigenvalue weighted by Crippen LogP contribution is 2.22. The Morgan fingerprint density at radius 3 is 2.67 bits per heavy atom. The molecule has 0 amide bonds. The second kappa shape index (κ2) is 4.67. The summed E-state index contributed by atoms with van der Waals surface area (Å²) in [4.78, 5) is 4.43. The summed E-state index contributed by atoms with van der Waals surface area (Å²) in [6.07, 6.45) is 3.49. The van der Waals surface area contributed by atoms with E-state index in [-0.39, 0.29) is 0 Å². The molecule has 0 radical (unpaired) electrons. The van der Waals surface area contributed by atoms with E-state index in [0.717, 1.165) is 27.2 Å². The molecule has 0 spiro atoms. The van der Waals surface area contributed by atoms with Crippen molar-refractivity contribution in [2.24, 2.45) is 4.99 Å². The highest BCUT2D eigenvalue weighted by atomic mass is 35.5. The van der Waals surface area contributed by atoms with Crippen molar-refractivity contribution in [2.75, 3.05) is 0 Å². The summed E-state index contributed by atoms with van der Waals surface area (Å²) in [6.45, 7) is 0. The zero-order chi connectivity index (χ0) is 12.4. The SMILES string of the molecule is Clc1ccc(C=Nc2ccc3occc3c2)cc1. The number of furan rings is 1. The van der Waals surface area contributed by atoms with Crippen LogP contribution in [0.3, 0.4) is 0 Å². The van der Waals surface area contributed by atoms with Crippen LogP contribution in [0.2, 0.25) is 5.02 Å². The van der Waals surface area contributed by atoms with E-state index >= 15 is 0 Å². The first-order valence-corrected chi connectivity index (χ1v) is 5.96. The van der Waals surface area contributed by atoms with Crippen molar-refractivity contribution in [3.63, 3.8) is 0 Å². The van der Waals surface area contributed by atoms with E-state index in [1.54, 1.807) is 6.26 Å². The summed E-state index contributed by atoms with van der Waals surface area (Å²) >= 11 is 5.83. The van der Waals surface area contributed by atoms with Crippen LogP contribution in [-0.2, 0) is 0 Å². The molecule has 0 N–H and O–H groups in total. The smallest absolute Gasteiger partial charge is 0.134 e. The Balaban J connectivity index is 1.88. The number of fused-ring (bicyclic) bond motifs is 1. The number of hydrogen-bond acceptors (Lipinski definition) is 2. The van der Waals surface area contributed by atoms with Crippen LogP contribution in [0.4, 0.5) is 5.69 Å². The molecule has 0 fully saturated rings. The first-order chi connectivity index (χ1) is 8.81. The van der Waals surface area contributed by atoms with Gasteiger partial charge in [-0.25, -0.2) is 0 Å². The van der Waals surface area contributed by atoms with Crippen LogP contribution >= 0.6 is 11.6 Å². The summed E-state index contributed by atoms with van der Waals surface area (Å²) in [5, 5.41) is 1.78. The molecule has 88 valence electrons. The van der Waals surface area contributed by atoms with Gasteiger partial charge in [0.25, 0.3) is 0 Å². The van der Waals surface area contributed by atoms with E-state index in [1.807, 2.05) is 54.7 Å². The molecule has 1 aromatic heterocycles. The van der Waals surface area contributed by atoms with Crippen molar-refractivity contribution in [2.45, 2.75) is 0 Å². The standard InChI is InChI=1S/C15H10ClNO/c16-13-3-1-11(2-4-13)10-17-14-5-6-15-12(9-14)7-8-18-15/h1-10H. The molecule has 0 saturated heterocycles. The number of nitrogens with zero attached hydrogens (tertiary/aromatic N) is 1. The summed E-state index contributed by atoms with van der Waals surface area (Å²) < 4.78 is 5.28. The van der Waals surface area contributed by atoms with Crippen LogP contribution in [0.5, 0.6) is 0 Å². The summed E-state index contributed by atoms with van der Waals surface area (Å²) in [6, 6.07) is 15.3. The highest BCUT2D eigenvalue weighted by Gasteiger charge is 1.97. The third-order valence-electron chi connectivity index (χ3n) is 2.67. The summed E-state index contributed by atoms with van der Waals surface area (Å²) in [5.74, 6) is 0. The molecule has 1 heterocycles. The fourth-order valence-electron chi connectivity index (χ4n) is 1.73. The van der Waals surface area contributed by atoms with Gasteiger partial charge in [0.05, 0.1) is 12.0 Å². The molecule has 0 saturated carbocycles. The lowest BCUT2D eigenvalue weighted by atomic mass is 10.2. The largest absolute Gasteiger partial charge is 0.464 e. The normalized spacial score (nSPS) is 11.4. The number of halogens is 1. The van der Waals surface area contributed by atoms with Gasteiger partial charge < -0.3 is 4.42 Å². The zero-order valence-electron chi connectivity index (χ0n) is 9.51. The minimum Gasteiger partial charge on any atom is -0.464 e. The molecule has 2 aromatic carbocycles. The Morgan fingerprint density at radius 2 is 1.83 bits per heavy atom. The van der Waals surface area contributed by atoms with Crippen LogP contribution in [0, 0.1) is 0 Å². The molecule has 0 aliphatic heterocycles. The molecule has 2 nitrogen and oxygen atoms in total. The van der Waals surface area contributed by atoms with E-state index in [2.05, 4.69) is 4.99 Å². The second-order valence-electron chi connectivity index (χ2n) is 3.95. The number of aliphatic imine (C=N–C) groups is 1. The predicted octanol–water partition coefficient (Wildman–Crippen LogP) is 4.84. The monoisotopic (exact) mass is 255 g/mol. The average Bonchev–Trinajstić information content (AvgIpc) is 2.85. The van der Waals surface area contributed by atoms with Gasteiger partial charge in [-0.15, -0.1) is 0 Å². The van der Waals surface area contributed by atoms with Gasteiger partial charge in [0.1, 0.15) is 5.58 Å². The molecule has 0 aliphatic carbocycles. The molecule has 0 aliphatic rings. The quantitative estimate of drug-likeness (QED) is 0.602. The Morgan fingerprint density at radius 1 is 1.00 bits per heavy atom. The van der Waals surface area contributed by atoms with Gasteiger partial charge in [0, 0.05) is 16.6 Å². The minimum atomic E-state index is 0.729. The molecule has 0 atom stereocenters. The van der Waals surface area contributed by atoms with Gasteiger partial charge in [0.2, 0.25) is 0 Å². The first-order valence-electron chi connectivity index (χ1n) is 5.58. The molecule has 0 bridgehead atoms. The predicted molar refractivity (Wildman–Crippen MR) is 74.9 cm³/mol. The minimum absolute atomic E-state index is 0.729. The van der Waals surface area contributed by atoms with Crippen molar-refractivity contribution in [3.8, 4) is 0 Å². The van der Waals surface area contributed by atoms with Crippen LogP contribution in [0.25, 0.3) is 11.0 Å². The Kier molecular flexibility index (Phi) is 2.87.